The summed E-state index contributed by atoms with van der Waals surface area (Å²) < 4.78 is 0. The lowest BCUT2D eigenvalue weighted by molar-refractivity contribution is -0.131. The Morgan fingerprint density at radius 1 is 1.18 bits per heavy atom. The third-order valence-corrected chi connectivity index (χ3v) is 2.49. The molecule has 0 saturated heterocycles. The number of nitrogen functional groups attached to an aromatic ring is 1. The first-order valence-electron chi connectivity index (χ1n) is 5.52. The van der Waals surface area contributed by atoms with Crippen LogP contribution >= 0.6 is 0 Å². The number of carbonyl (C=O) groups is 1. The van der Waals surface area contributed by atoms with E-state index in [1.807, 2.05) is 12.1 Å². The first kappa shape index (κ1) is 13.5. The van der Waals surface area contributed by atoms with Crippen molar-refractivity contribution in [1.82, 2.24) is 4.90 Å². The van der Waals surface area contributed by atoms with Crippen LogP contribution < -0.4 is 5.73 Å². The lowest BCUT2D eigenvalue weighted by atomic mass is 10.1. The molecule has 4 N–H and O–H groups in total. The highest BCUT2D eigenvalue weighted by atomic mass is 16.3. The van der Waals surface area contributed by atoms with Crippen molar-refractivity contribution in [3.05, 3.63) is 29.8 Å². The van der Waals surface area contributed by atoms with E-state index in [9.17, 15) is 4.79 Å². The van der Waals surface area contributed by atoms with Crippen molar-refractivity contribution < 1.29 is 15.0 Å². The molecule has 1 amide bonds. The summed E-state index contributed by atoms with van der Waals surface area (Å²) in [7, 11) is 0. The van der Waals surface area contributed by atoms with Gasteiger partial charge in [-0.25, -0.2) is 0 Å². The largest absolute Gasteiger partial charge is 0.398 e. The molecule has 0 saturated carbocycles. The first-order chi connectivity index (χ1) is 8.19. The highest BCUT2D eigenvalue weighted by Gasteiger charge is 2.13. The molecule has 0 heterocycles. The minimum absolute atomic E-state index is 0.115. The van der Waals surface area contributed by atoms with E-state index in [1.165, 1.54) is 4.90 Å². The van der Waals surface area contributed by atoms with Gasteiger partial charge in [0.25, 0.3) is 0 Å². The normalized spacial score (nSPS) is 10.2. The molecule has 0 fully saturated rings. The van der Waals surface area contributed by atoms with Crippen molar-refractivity contribution in [2.24, 2.45) is 0 Å². The Morgan fingerprint density at radius 2 is 1.76 bits per heavy atom. The van der Waals surface area contributed by atoms with Crippen LogP contribution in [0.15, 0.2) is 24.3 Å². The second kappa shape index (κ2) is 6.88. The summed E-state index contributed by atoms with van der Waals surface area (Å²) >= 11 is 0. The number of nitrogens with two attached hydrogens (primary N) is 1. The van der Waals surface area contributed by atoms with Crippen molar-refractivity contribution in [1.29, 1.82) is 0 Å². The molecule has 0 aliphatic heterocycles. The quantitative estimate of drug-likeness (QED) is 0.590. The summed E-state index contributed by atoms with van der Waals surface area (Å²) in [5, 5.41) is 17.7. The zero-order chi connectivity index (χ0) is 12.7. The number of hydrogen-bond acceptors (Lipinski definition) is 4. The maximum atomic E-state index is 11.9. The Balaban J connectivity index is 2.66. The molecule has 5 heteroatoms. The summed E-state index contributed by atoms with van der Waals surface area (Å²) in [6, 6.07) is 7.16. The van der Waals surface area contributed by atoms with Gasteiger partial charge in [-0.2, -0.15) is 0 Å². The lowest BCUT2D eigenvalue weighted by Crippen LogP contribution is -2.37. The first-order valence-corrected chi connectivity index (χ1v) is 5.52. The predicted molar refractivity (Wildman–Crippen MR) is 65.3 cm³/mol. The number of anilines is 1. The number of benzene rings is 1. The minimum Gasteiger partial charge on any atom is -0.398 e. The molecule has 0 spiro atoms. The number of nitrogens with zero attached hydrogens (tertiary/aromatic N) is 1. The van der Waals surface area contributed by atoms with Crippen molar-refractivity contribution in [3.63, 3.8) is 0 Å². The summed E-state index contributed by atoms with van der Waals surface area (Å²) in [6.07, 6.45) is 0.187. The van der Waals surface area contributed by atoms with Crippen LogP contribution in [0.1, 0.15) is 5.56 Å². The van der Waals surface area contributed by atoms with Crippen molar-refractivity contribution in [2.75, 3.05) is 32.0 Å². The van der Waals surface area contributed by atoms with Gasteiger partial charge in [0.15, 0.2) is 0 Å². The molecule has 5 nitrogen and oxygen atoms in total. The second-order valence-corrected chi connectivity index (χ2v) is 3.70. The van der Waals surface area contributed by atoms with Gasteiger partial charge in [-0.1, -0.05) is 18.2 Å². The van der Waals surface area contributed by atoms with Crippen LogP contribution in [0.5, 0.6) is 0 Å². The summed E-state index contributed by atoms with van der Waals surface area (Å²) in [6.45, 7) is 0.226. The maximum absolute atomic E-state index is 11.9. The fourth-order valence-corrected chi connectivity index (χ4v) is 1.57. The zero-order valence-electron chi connectivity index (χ0n) is 9.67. The van der Waals surface area contributed by atoms with E-state index in [-0.39, 0.29) is 38.6 Å². The third kappa shape index (κ3) is 4.05. The fraction of sp³-hybridized carbons (Fsp3) is 0.417. The minimum atomic E-state index is -0.147. The Morgan fingerprint density at radius 3 is 2.29 bits per heavy atom. The molecule has 0 aromatic heterocycles. The number of hydrogen-bond donors (Lipinski definition) is 3. The molecule has 0 bridgehead atoms. The topological polar surface area (TPSA) is 86.8 Å². The molecular weight excluding hydrogens is 220 g/mol. The van der Waals surface area contributed by atoms with Gasteiger partial charge in [-0.3, -0.25) is 4.79 Å². The summed E-state index contributed by atoms with van der Waals surface area (Å²) in [4.78, 5) is 13.3. The van der Waals surface area contributed by atoms with Gasteiger partial charge < -0.3 is 20.8 Å². The Hall–Kier alpha value is -1.59. The van der Waals surface area contributed by atoms with Gasteiger partial charge in [-0.15, -0.1) is 0 Å². The summed E-state index contributed by atoms with van der Waals surface area (Å²) in [5.74, 6) is -0.147. The fourth-order valence-electron chi connectivity index (χ4n) is 1.57. The molecule has 17 heavy (non-hydrogen) atoms. The zero-order valence-corrected chi connectivity index (χ0v) is 9.67. The highest BCUT2D eigenvalue weighted by Crippen LogP contribution is 2.12. The van der Waals surface area contributed by atoms with Gasteiger partial charge in [0.1, 0.15) is 0 Å². The van der Waals surface area contributed by atoms with Crippen LogP contribution in [0.3, 0.4) is 0 Å². The number of amides is 1. The van der Waals surface area contributed by atoms with E-state index < -0.39 is 0 Å². The van der Waals surface area contributed by atoms with E-state index >= 15 is 0 Å². The molecule has 0 atom stereocenters. The Bertz CT molecular complexity index is 363. The van der Waals surface area contributed by atoms with Gasteiger partial charge >= 0.3 is 0 Å². The van der Waals surface area contributed by atoms with E-state index in [0.29, 0.717) is 5.69 Å². The number of rotatable bonds is 6. The molecule has 1 aromatic rings. The predicted octanol–water partition coefficient (Wildman–Crippen LogP) is -0.376. The molecule has 0 aliphatic carbocycles. The highest BCUT2D eigenvalue weighted by molar-refractivity contribution is 5.80. The standard InChI is InChI=1S/C12H18N2O3/c13-11-4-2-1-3-10(11)9-12(17)14(5-7-15)6-8-16/h1-4,15-16H,5-9,13H2. The maximum Gasteiger partial charge on any atom is 0.227 e. The summed E-state index contributed by atoms with van der Waals surface area (Å²) in [5.41, 5.74) is 7.09. The molecule has 0 radical (unpaired) electrons. The molecule has 1 aromatic carbocycles. The number of aliphatic hydroxyl groups excluding tert-OH is 2. The van der Waals surface area contributed by atoms with E-state index in [4.69, 9.17) is 15.9 Å². The molecule has 94 valence electrons. The monoisotopic (exact) mass is 238 g/mol. The van der Waals surface area contributed by atoms with Crippen LogP contribution in [0.2, 0.25) is 0 Å². The molecule has 0 unspecified atom stereocenters. The molecule has 0 aliphatic rings. The number of aliphatic hydroxyl groups is 2. The average molecular weight is 238 g/mol. The lowest BCUT2D eigenvalue weighted by Gasteiger charge is -2.21. The third-order valence-electron chi connectivity index (χ3n) is 2.49. The van der Waals surface area contributed by atoms with Crippen LogP contribution in [0.25, 0.3) is 0 Å². The van der Waals surface area contributed by atoms with Crippen molar-refractivity contribution in [3.8, 4) is 0 Å². The number of carbonyl (C=O) groups excluding carboxylic acids is 1. The van der Waals surface area contributed by atoms with E-state index in [1.54, 1.807) is 12.1 Å². The van der Waals surface area contributed by atoms with Crippen molar-refractivity contribution in [2.45, 2.75) is 6.42 Å². The van der Waals surface area contributed by atoms with Crippen molar-refractivity contribution >= 4 is 11.6 Å². The van der Waals surface area contributed by atoms with Gasteiger partial charge in [0, 0.05) is 18.8 Å². The van der Waals surface area contributed by atoms with E-state index in [0.717, 1.165) is 5.56 Å². The van der Waals surface area contributed by atoms with Crippen LogP contribution in [-0.2, 0) is 11.2 Å². The van der Waals surface area contributed by atoms with Crippen LogP contribution in [0, 0.1) is 0 Å². The SMILES string of the molecule is Nc1ccccc1CC(=O)N(CCO)CCO. The Kier molecular flexibility index (Phi) is 5.45. The smallest absolute Gasteiger partial charge is 0.227 e. The molecule has 1 rings (SSSR count). The van der Waals surface area contributed by atoms with Crippen LogP contribution in [0.4, 0.5) is 5.69 Å². The Labute approximate surface area is 100 Å². The van der Waals surface area contributed by atoms with E-state index in [2.05, 4.69) is 0 Å². The van der Waals surface area contributed by atoms with Gasteiger partial charge in [-0.05, 0) is 11.6 Å². The average Bonchev–Trinajstić information content (AvgIpc) is 2.32. The van der Waals surface area contributed by atoms with Gasteiger partial charge in [0.2, 0.25) is 5.91 Å². The van der Waals surface area contributed by atoms with Gasteiger partial charge in [0.05, 0.1) is 19.6 Å². The van der Waals surface area contributed by atoms with Crippen LogP contribution in [-0.4, -0.2) is 47.3 Å². The molecular formula is C12H18N2O3. The second-order valence-electron chi connectivity index (χ2n) is 3.70. The number of para-hydroxylation sites is 1.